The van der Waals surface area contributed by atoms with E-state index in [1.807, 2.05) is 0 Å². The van der Waals surface area contributed by atoms with Crippen molar-refractivity contribution in [2.24, 2.45) is 0 Å². The van der Waals surface area contributed by atoms with Gasteiger partial charge in [-0.05, 0) is 12.1 Å². The zero-order chi connectivity index (χ0) is 12.0. The summed E-state index contributed by atoms with van der Waals surface area (Å²) in [6, 6.07) is 6.72. The molecule has 2 heterocycles. The molecule has 0 spiro atoms. The number of nitrogens with one attached hydrogen (secondary N) is 1. The highest BCUT2D eigenvalue weighted by molar-refractivity contribution is 5.92. The zero-order valence-electron chi connectivity index (χ0n) is 8.56. The third kappa shape index (κ3) is 1.31. The van der Waals surface area contributed by atoms with Crippen LogP contribution in [-0.2, 0) is 0 Å². The summed E-state index contributed by atoms with van der Waals surface area (Å²) < 4.78 is 5.38. The third-order valence-corrected chi connectivity index (χ3v) is 2.49. The number of anilines is 1. The fourth-order valence-corrected chi connectivity index (χ4v) is 1.74. The Morgan fingerprint density at radius 2 is 2.00 bits per heavy atom. The van der Waals surface area contributed by atoms with E-state index in [1.165, 1.54) is 0 Å². The number of rotatable bonds is 0. The van der Waals surface area contributed by atoms with Crippen molar-refractivity contribution in [3.63, 3.8) is 0 Å². The molecule has 0 aliphatic carbocycles. The summed E-state index contributed by atoms with van der Waals surface area (Å²) >= 11 is 0. The second-order valence-electron chi connectivity index (χ2n) is 3.56. The summed E-state index contributed by atoms with van der Waals surface area (Å²) in [6.07, 6.45) is 0. The van der Waals surface area contributed by atoms with Crippen molar-refractivity contribution in [2.45, 2.75) is 0 Å². The minimum absolute atomic E-state index is 0.0282. The van der Waals surface area contributed by atoms with Crippen LogP contribution in [-0.4, -0.2) is 9.97 Å². The lowest BCUT2D eigenvalue weighted by molar-refractivity contribution is 0.641. The van der Waals surface area contributed by atoms with Crippen LogP contribution in [0.25, 0.3) is 22.1 Å². The van der Waals surface area contributed by atoms with Crippen LogP contribution in [0.4, 0.5) is 5.82 Å². The van der Waals surface area contributed by atoms with E-state index in [4.69, 9.17) is 10.2 Å². The molecule has 0 atom stereocenters. The summed E-state index contributed by atoms with van der Waals surface area (Å²) in [5, 5.41) is 0.504. The first kappa shape index (κ1) is 9.59. The monoisotopic (exact) mass is 229 g/mol. The van der Waals surface area contributed by atoms with Gasteiger partial charge in [-0.1, -0.05) is 12.1 Å². The van der Waals surface area contributed by atoms with E-state index in [1.54, 1.807) is 24.3 Å². The first-order chi connectivity index (χ1) is 8.16. The van der Waals surface area contributed by atoms with Gasteiger partial charge in [0.1, 0.15) is 16.8 Å². The van der Waals surface area contributed by atoms with Gasteiger partial charge in [-0.25, -0.2) is 4.79 Å². The number of para-hydroxylation sites is 1. The van der Waals surface area contributed by atoms with Gasteiger partial charge in [0.25, 0.3) is 0 Å². The average Bonchev–Trinajstić information content (AvgIpc) is 2.28. The van der Waals surface area contributed by atoms with E-state index in [-0.39, 0.29) is 22.3 Å². The molecule has 0 aliphatic heterocycles. The fraction of sp³-hybridized carbons (Fsp3) is 0. The highest BCUT2D eigenvalue weighted by Crippen LogP contribution is 2.17. The minimum Gasteiger partial charge on any atom is -0.437 e. The Bertz CT molecular complexity index is 848. The molecular formula is C11H7N3O3. The lowest BCUT2D eigenvalue weighted by atomic mass is 10.2. The van der Waals surface area contributed by atoms with Gasteiger partial charge in [0, 0.05) is 0 Å². The summed E-state index contributed by atoms with van der Waals surface area (Å²) in [5.41, 5.74) is 4.98. The molecular weight excluding hydrogens is 222 g/mol. The third-order valence-electron chi connectivity index (χ3n) is 2.49. The zero-order valence-corrected chi connectivity index (χ0v) is 8.56. The van der Waals surface area contributed by atoms with E-state index in [0.29, 0.717) is 11.0 Å². The Labute approximate surface area is 93.7 Å². The molecule has 3 N–H and O–H groups in total. The maximum absolute atomic E-state index is 12.1. The Morgan fingerprint density at radius 1 is 1.24 bits per heavy atom. The van der Waals surface area contributed by atoms with E-state index in [2.05, 4.69) is 9.97 Å². The molecule has 0 unspecified atom stereocenters. The number of nitrogen functional groups attached to an aromatic ring is 1. The van der Waals surface area contributed by atoms with Crippen LogP contribution in [0.3, 0.4) is 0 Å². The summed E-state index contributed by atoms with van der Waals surface area (Å²) in [6.45, 7) is 0. The van der Waals surface area contributed by atoms with Crippen LogP contribution in [0.15, 0.2) is 38.3 Å². The average molecular weight is 229 g/mol. The van der Waals surface area contributed by atoms with Crippen LogP contribution >= 0.6 is 0 Å². The quantitative estimate of drug-likeness (QED) is 0.550. The number of hydrogen-bond donors (Lipinski definition) is 2. The van der Waals surface area contributed by atoms with Crippen LogP contribution in [0.5, 0.6) is 0 Å². The van der Waals surface area contributed by atoms with Crippen molar-refractivity contribution in [1.82, 2.24) is 9.97 Å². The molecule has 6 heteroatoms. The number of nitrogens with zero attached hydrogens (tertiary/aromatic N) is 1. The van der Waals surface area contributed by atoms with E-state index >= 15 is 0 Å². The molecule has 0 fully saturated rings. The van der Waals surface area contributed by atoms with Crippen molar-refractivity contribution < 1.29 is 4.42 Å². The largest absolute Gasteiger partial charge is 0.437 e. The lowest BCUT2D eigenvalue weighted by Gasteiger charge is -2.01. The number of aromatic amines is 1. The number of H-pyrrole nitrogens is 1. The molecule has 2 aromatic heterocycles. The van der Waals surface area contributed by atoms with Crippen LogP contribution < -0.4 is 16.9 Å². The van der Waals surface area contributed by atoms with Crippen molar-refractivity contribution in [1.29, 1.82) is 0 Å². The molecule has 3 rings (SSSR count). The first-order valence-corrected chi connectivity index (χ1v) is 4.88. The Morgan fingerprint density at radius 3 is 2.82 bits per heavy atom. The minimum atomic E-state index is -0.645. The van der Waals surface area contributed by atoms with Crippen LogP contribution in [0, 0.1) is 0 Å². The smallest absolute Gasteiger partial charge is 0.349 e. The van der Waals surface area contributed by atoms with E-state index in [9.17, 15) is 9.59 Å². The predicted molar refractivity (Wildman–Crippen MR) is 62.8 cm³/mol. The topological polar surface area (TPSA) is 102 Å². The number of hydrogen-bond acceptors (Lipinski definition) is 5. The summed E-state index contributed by atoms with van der Waals surface area (Å²) in [7, 11) is 0. The molecule has 0 amide bonds. The number of benzene rings is 1. The molecule has 17 heavy (non-hydrogen) atoms. The number of aromatic nitrogens is 2. The Hall–Kier alpha value is -2.63. The molecule has 1 aromatic carbocycles. The molecule has 6 nitrogen and oxygen atoms in total. The summed E-state index contributed by atoms with van der Waals surface area (Å²) in [5.74, 6) is -0.0282. The van der Waals surface area contributed by atoms with Crippen molar-refractivity contribution in [3.05, 3.63) is 45.0 Å². The van der Waals surface area contributed by atoms with Gasteiger partial charge < -0.3 is 10.2 Å². The molecule has 0 bridgehead atoms. The summed E-state index contributed by atoms with van der Waals surface area (Å²) in [4.78, 5) is 29.1. The molecule has 0 saturated heterocycles. The van der Waals surface area contributed by atoms with Gasteiger partial charge in [-0.2, -0.15) is 4.98 Å². The van der Waals surface area contributed by atoms with Crippen LogP contribution in [0.2, 0.25) is 0 Å². The van der Waals surface area contributed by atoms with Crippen molar-refractivity contribution >= 4 is 27.9 Å². The molecule has 0 aliphatic rings. The van der Waals surface area contributed by atoms with Crippen molar-refractivity contribution in [3.8, 4) is 0 Å². The highest BCUT2D eigenvalue weighted by Gasteiger charge is 2.11. The van der Waals surface area contributed by atoms with Gasteiger partial charge in [0.15, 0.2) is 0 Å². The second kappa shape index (κ2) is 3.18. The second-order valence-corrected chi connectivity index (χ2v) is 3.56. The molecule has 0 radical (unpaired) electrons. The Balaban J connectivity index is 2.69. The maximum Gasteiger partial charge on any atom is 0.349 e. The molecule has 3 aromatic rings. The molecule has 0 saturated carbocycles. The molecule has 84 valence electrons. The first-order valence-electron chi connectivity index (χ1n) is 4.88. The standard InChI is InChI=1S/C11H7N3O3/c12-9-7-8(15)5-3-1-2-4-6(5)17-10(7)14-11(16)13-9/h1-4H,(H3,12,13,14,16). The maximum atomic E-state index is 12.1. The van der Waals surface area contributed by atoms with E-state index in [0.717, 1.165) is 0 Å². The van der Waals surface area contributed by atoms with Crippen LogP contribution in [0.1, 0.15) is 0 Å². The Kier molecular flexibility index (Phi) is 1.79. The van der Waals surface area contributed by atoms with Gasteiger partial charge >= 0.3 is 5.69 Å². The van der Waals surface area contributed by atoms with Crippen molar-refractivity contribution in [2.75, 3.05) is 5.73 Å². The van der Waals surface area contributed by atoms with Gasteiger partial charge in [0.05, 0.1) is 5.39 Å². The van der Waals surface area contributed by atoms with Gasteiger partial charge in [0.2, 0.25) is 11.1 Å². The normalized spacial score (nSPS) is 11.1. The van der Waals surface area contributed by atoms with Gasteiger partial charge in [-0.15, -0.1) is 0 Å². The predicted octanol–water partition coefficient (Wildman–Crippen LogP) is 0.612. The SMILES string of the molecule is Nc1[nH]c(=O)nc2oc3ccccc3c(=O)c12. The number of fused-ring (bicyclic) bond motifs is 2. The highest BCUT2D eigenvalue weighted by atomic mass is 16.3. The number of nitrogens with two attached hydrogens (primary N) is 1. The lowest BCUT2D eigenvalue weighted by Crippen LogP contribution is -2.16. The van der Waals surface area contributed by atoms with Gasteiger partial charge in [-0.3, -0.25) is 9.78 Å². The van der Waals surface area contributed by atoms with E-state index < -0.39 is 5.69 Å². The fourth-order valence-electron chi connectivity index (χ4n) is 1.74.